The Hall–Kier alpha value is -4.35. The summed E-state index contributed by atoms with van der Waals surface area (Å²) in [6.07, 6.45) is 4.82. The van der Waals surface area contributed by atoms with Crippen LogP contribution in [0.15, 0.2) is 60.9 Å². The van der Waals surface area contributed by atoms with E-state index < -0.39 is 5.54 Å². The molecule has 1 spiro atoms. The summed E-state index contributed by atoms with van der Waals surface area (Å²) in [5.74, 6) is 0.597. The maximum absolute atomic E-state index is 13.7. The molecule has 0 radical (unpaired) electrons. The molecule has 2 aromatic heterocycles. The molecule has 8 nitrogen and oxygen atoms in total. The summed E-state index contributed by atoms with van der Waals surface area (Å²) in [4.78, 5) is 36.2. The highest BCUT2D eigenvalue weighted by molar-refractivity contribution is 6.36. The fraction of sp³-hybridized carbons (Fsp3) is 0.214. The van der Waals surface area contributed by atoms with E-state index in [0.29, 0.717) is 64.3 Å². The molecular weight excluding hydrogens is 490 g/mol. The molecule has 2 aromatic carbocycles. The number of carbonyl (C=O) groups is 2. The molecule has 184 valence electrons. The normalized spacial score (nSPS) is 20.5. The van der Waals surface area contributed by atoms with Crippen LogP contribution >= 0.6 is 11.6 Å². The lowest BCUT2D eigenvalue weighted by molar-refractivity contribution is -0.122. The van der Waals surface area contributed by atoms with E-state index in [1.807, 2.05) is 30.3 Å². The number of rotatable bonds is 4. The summed E-state index contributed by atoms with van der Waals surface area (Å²) in [6, 6.07) is 16.6. The van der Waals surface area contributed by atoms with E-state index in [0.717, 1.165) is 0 Å². The predicted octanol–water partition coefficient (Wildman–Crippen LogP) is 5.69. The number of carbonyl (C=O) groups excluding carboxylic acids is 2. The molecule has 2 atom stereocenters. The van der Waals surface area contributed by atoms with Gasteiger partial charge >= 0.3 is 0 Å². The number of benzene rings is 2. The van der Waals surface area contributed by atoms with E-state index in [9.17, 15) is 14.9 Å². The number of hydrogen-bond donors (Lipinski definition) is 2. The highest BCUT2D eigenvalue weighted by Crippen LogP contribution is 2.47. The third kappa shape index (κ3) is 3.71. The summed E-state index contributed by atoms with van der Waals surface area (Å²) < 4.78 is 5.84. The molecular formula is C28H22ClN5O3. The Morgan fingerprint density at radius 1 is 1.22 bits per heavy atom. The van der Waals surface area contributed by atoms with Crippen LogP contribution in [0.2, 0.25) is 5.02 Å². The number of aromatic nitrogens is 2. The van der Waals surface area contributed by atoms with Gasteiger partial charge < -0.3 is 19.9 Å². The zero-order chi connectivity index (χ0) is 25.7. The van der Waals surface area contributed by atoms with Crippen molar-refractivity contribution in [3.8, 4) is 17.6 Å². The van der Waals surface area contributed by atoms with Gasteiger partial charge in [-0.25, -0.2) is 4.98 Å². The number of aromatic amines is 1. The second kappa shape index (κ2) is 8.64. The number of hydrogen-bond acceptors (Lipinski definition) is 6. The second-order valence-corrected chi connectivity index (χ2v) is 9.88. The zero-order valence-electron chi connectivity index (χ0n) is 19.9. The van der Waals surface area contributed by atoms with Crippen LogP contribution < -0.4 is 15.0 Å². The van der Waals surface area contributed by atoms with Crippen molar-refractivity contribution in [2.75, 3.05) is 17.3 Å². The summed E-state index contributed by atoms with van der Waals surface area (Å²) in [6.45, 7) is 0. The van der Waals surface area contributed by atoms with E-state index in [2.05, 4.69) is 21.4 Å². The minimum Gasteiger partial charge on any atom is -0.457 e. The van der Waals surface area contributed by atoms with Crippen molar-refractivity contribution in [1.29, 1.82) is 5.26 Å². The quantitative estimate of drug-likeness (QED) is 0.340. The van der Waals surface area contributed by atoms with Gasteiger partial charge in [-0.05, 0) is 43.5 Å². The summed E-state index contributed by atoms with van der Waals surface area (Å²) in [5.41, 5.74) is 1.56. The number of para-hydroxylation sites is 1. The molecule has 9 heteroatoms. The number of nitrogens with one attached hydrogen (secondary N) is 2. The molecule has 3 heterocycles. The number of likely N-dealkylation sites (N-methyl/N-ethyl adjacent to an activating group) is 1. The van der Waals surface area contributed by atoms with Crippen molar-refractivity contribution in [1.82, 2.24) is 9.97 Å². The Kier molecular flexibility index (Phi) is 5.39. The van der Waals surface area contributed by atoms with Crippen molar-refractivity contribution < 1.29 is 14.3 Å². The Bertz CT molecular complexity index is 1610. The molecule has 0 saturated heterocycles. The lowest BCUT2D eigenvalue weighted by atomic mass is 9.90. The number of nitrogens with zero attached hydrogens (tertiary/aromatic N) is 3. The Labute approximate surface area is 217 Å². The van der Waals surface area contributed by atoms with E-state index in [1.165, 1.54) is 0 Å². The summed E-state index contributed by atoms with van der Waals surface area (Å²) in [7, 11) is 1.70. The van der Waals surface area contributed by atoms with Crippen molar-refractivity contribution >= 4 is 45.7 Å². The first-order valence-corrected chi connectivity index (χ1v) is 12.3. The van der Waals surface area contributed by atoms with Crippen LogP contribution in [0.4, 0.5) is 11.4 Å². The molecule has 2 unspecified atom stereocenters. The standard InChI is InChI=1S/C28H22ClN5O3/c1-34-22-15-32-26-23(24(22)33-28(27(34)36)10-9-16(12-28)13-30)20(14-31-26)25(35)19-8-7-18(11-21(19)29)37-17-5-3-2-4-6-17/h2-8,11,14-16,33H,9-10,12H2,1H3,(H,31,32). The average molecular weight is 512 g/mol. The largest absolute Gasteiger partial charge is 0.457 e. The van der Waals surface area contributed by atoms with E-state index in [1.54, 1.807) is 42.5 Å². The second-order valence-electron chi connectivity index (χ2n) is 9.47. The van der Waals surface area contributed by atoms with Gasteiger partial charge in [0, 0.05) is 30.8 Å². The lowest BCUT2D eigenvalue weighted by Gasteiger charge is -2.40. The van der Waals surface area contributed by atoms with Crippen LogP contribution in [0.25, 0.3) is 11.0 Å². The fourth-order valence-corrected chi connectivity index (χ4v) is 5.60. The average Bonchev–Trinajstić information content (AvgIpc) is 3.53. The number of anilines is 2. The zero-order valence-corrected chi connectivity index (χ0v) is 20.7. The number of fused-ring (bicyclic) bond motifs is 3. The molecule has 1 fully saturated rings. The maximum atomic E-state index is 13.7. The van der Waals surface area contributed by atoms with Crippen LogP contribution in [0, 0.1) is 17.2 Å². The first-order valence-electron chi connectivity index (χ1n) is 11.9. The van der Waals surface area contributed by atoms with E-state index in [-0.39, 0.29) is 22.6 Å². The van der Waals surface area contributed by atoms with Gasteiger partial charge in [-0.2, -0.15) is 5.26 Å². The van der Waals surface area contributed by atoms with Crippen LogP contribution in [0.3, 0.4) is 0 Å². The molecule has 37 heavy (non-hydrogen) atoms. The number of H-pyrrole nitrogens is 1. The van der Waals surface area contributed by atoms with Gasteiger partial charge in [0.1, 0.15) is 22.7 Å². The topological polar surface area (TPSA) is 111 Å². The molecule has 2 aliphatic rings. The Morgan fingerprint density at radius 3 is 2.76 bits per heavy atom. The first-order chi connectivity index (χ1) is 17.9. The van der Waals surface area contributed by atoms with Gasteiger partial charge in [-0.1, -0.05) is 29.8 Å². The van der Waals surface area contributed by atoms with Gasteiger partial charge in [-0.3, -0.25) is 9.59 Å². The third-order valence-corrected chi connectivity index (χ3v) is 7.54. The van der Waals surface area contributed by atoms with Crippen LogP contribution in [-0.4, -0.2) is 34.2 Å². The number of ether oxygens (including phenoxy) is 1. The van der Waals surface area contributed by atoms with Crippen molar-refractivity contribution in [3.63, 3.8) is 0 Å². The van der Waals surface area contributed by atoms with Crippen LogP contribution in [-0.2, 0) is 4.79 Å². The van der Waals surface area contributed by atoms with Gasteiger partial charge in [0.2, 0.25) is 0 Å². The van der Waals surface area contributed by atoms with Crippen molar-refractivity contribution in [3.05, 3.63) is 77.1 Å². The third-order valence-electron chi connectivity index (χ3n) is 7.23. The van der Waals surface area contributed by atoms with Crippen LogP contribution in [0.5, 0.6) is 11.5 Å². The highest BCUT2D eigenvalue weighted by atomic mass is 35.5. The SMILES string of the molecule is CN1C(=O)C2(CCC(C#N)C2)Nc2c1cnc1[nH]cc(C(=O)c3ccc(Oc4ccccc4)cc3Cl)c21. The highest BCUT2D eigenvalue weighted by Gasteiger charge is 2.50. The van der Waals surface area contributed by atoms with Gasteiger partial charge in [-0.15, -0.1) is 0 Å². The maximum Gasteiger partial charge on any atom is 0.252 e. The van der Waals surface area contributed by atoms with Gasteiger partial charge in [0.15, 0.2) is 5.78 Å². The molecule has 4 aromatic rings. The molecule has 1 aliphatic carbocycles. The number of nitriles is 1. The van der Waals surface area contributed by atoms with Crippen molar-refractivity contribution in [2.24, 2.45) is 5.92 Å². The molecule has 2 N–H and O–H groups in total. The van der Waals surface area contributed by atoms with Crippen LogP contribution in [0.1, 0.15) is 35.2 Å². The molecule has 1 saturated carbocycles. The monoisotopic (exact) mass is 511 g/mol. The van der Waals surface area contributed by atoms with Gasteiger partial charge in [0.05, 0.1) is 39.6 Å². The minimum absolute atomic E-state index is 0.0978. The minimum atomic E-state index is -0.887. The van der Waals surface area contributed by atoms with E-state index >= 15 is 0 Å². The molecule has 6 rings (SSSR count). The number of halogens is 1. The van der Waals surface area contributed by atoms with Crippen molar-refractivity contribution in [2.45, 2.75) is 24.8 Å². The summed E-state index contributed by atoms with van der Waals surface area (Å²) >= 11 is 6.55. The molecule has 1 aliphatic heterocycles. The summed E-state index contributed by atoms with van der Waals surface area (Å²) in [5, 5.41) is 13.7. The van der Waals surface area contributed by atoms with E-state index in [4.69, 9.17) is 16.3 Å². The number of amides is 1. The molecule has 0 bridgehead atoms. The number of pyridine rings is 1. The predicted molar refractivity (Wildman–Crippen MR) is 140 cm³/mol. The smallest absolute Gasteiger partial charge is 0.252 e. The lowest BCUT2D eigenvalue weighted by Crippen LogP contribution is -2.55. The fourth-order valence-electron chi connectivity index (χ4n) is 5.35. The number of ketones is 1. The molecule has 1 amide bonds. The first kappa shape index (κ1) is 23.1. The van der Waals surface area contributed by atoms with Gasteiger partial charge in [0.25, 0.3) is 5.91 Å². The Morgan fingerprint density at radius 2 is 2.03 bits per heavy atom. The Balaban J connectivity index is 1.39.